The minimum atomic E-state index is -0.209. The number of rotatable bonds is 5. The number of anilines is 1. The summed E-state index contributed by atoms with van der Waals surface area (Å²) in [5.41, 5.74) is 1.51. The zero-order chi connectivity index (χ0) is 15.9. The van der Waals surface area contributed by atoms with Crippen molar-refractivity contribution in [1.82, 2.24) is 0 Å². The monoisotopic (exact) mass is 333 g/mol. The smallest absolute Gasteiger partial charge is 0.248 e. The fourth-order valence-corrected chi connectivity index (χ4v) is 2.45. The largest absolute Gasteiger partial charge is 0.496 e. The molecule has 22 heavy (non-hydrogen) atoms. The zero-order valence-corrected chi connectivity index (χ0v) is 13.9. The van der Waals surface area contributed by atoms with E-state index in [4.69, 9.17) is 16.3 Å². The second-order valence-electron chi connectivity index (χ2n) is 4.44. The molecule has 1 amide bonds. The molecule has 0 bridgehead atoms. The Labute approximate surface area is 139 Å². The molecule has 114 valence electrons. The van der Waals surface area contributed by atoms with E-state index in [-0.39, 0.29) is 5.91 Å². The third-order valence-electron chi connectivity index (χ3n) is 2.96. The van der Waals surface area contributed by atoms with Gasteiger partial charge >= 0.3 is 0 Å². The van der Waals surface area contributed by atoms with E-state index in [0.29, 0.717) is 10.8 Å². The molecular weight excluding hydrogens is 318 g/mol. The SMILES string of the molecule is COc1ccc(Cl)cc1/C=C/C(=O)Nc1ccc(SC)cc1. The van der Waals surface area contributed by atoms with Crippen LogP contribution in [0.25, 0.3) is 6.08 Å². The van der Waals surface area contributed by atoms with Crippen LogP contribution in [-0.2, 0) is 4.79 Å². The Morgan fingerprint density at radius 2 is 1.95 bits per heavy atom. The van der Waals surface area contributed by atoms with Gasteiger partial charge in [0.25, 0.3) is 0 Å². The third kappa shape index (κ3) is 4.55. The Kier molecular flexibility index (Phi) is 5.92. The molecule has 0 aromatic heterocycles. The van der Waals surface area contributed by atoms with Gasteiger partial charge in [-0.15, -0.1) is 11.8 Å². The highest BCUT2D eigenvalue weighted by atomic mass is 35.5. The summed E-state index contributed by atoms with van der Waals surface area (Å²) in [6.45, 7) is 0. The number of amides is 1. The van der Waals surface area contributed by atoms with Gasteiger partial charge in [0.05, 0.1) is 7.11 Å². The first-order valence-corrected chi connectivity index (χ1v) is 8.19. The first-order valence-electron chi connectivity index (χ1n) is 6.59. The summed E-state index contributed by atoms with van der Waals surface area (Å²) in [6, 6.07) is 12.9. The summed E-state index contributed by atoms with van der Waals surface area (Å²) in [5.74, 6) is 0.455. The van der Waals surface area contributed by atoms with Gasteiger partial charge < -0.3 is 10.1 Å². The molecule has 2 aromatic rings. The van der Waals surface area contributed by atoms with Crippen LogP contribution in [-0.4, -0.2) is 19.3 Å². The molecule has 0 aliphatic heterocycles. The number of ether oxygens (including phenoxy) is 1. The lowest BCUT2D eigenvalue weighted by Gasteiger charge is -2.05. The number of hydrogen-bond donors (Lipinski definition) is 1. The number of halogens is 1. The standard InChI is InChI=1S/C17H16ClNO2S/c1-21-16-9-4-13(18)11-12(16)3-10-17(20)19-14-5-7-15(22-2)8-6-14/h3-11H,1-2H3,(H,19,20)/b10-3+. The van der Waals surface area contributed by atoms with Crippen LogP contribution >= 0.6 is 23.4 Å². The van der Waals surface area contributed by atoms with Crippen LogP contribution in [0.5, 0.6) is 5.75 Å². The lowest BCUT2D eigenvalue weighted by molar-refractivity contribution is -0.111. The molecule has 0 saturated heterocycles. The Hall–Kier alpha value is -1.91. The van der Waals surface area contributed by atoms with E-state index < -0.39 is 0 Å². The molecule has 0 aliphatic rings. The molecule has 3 nitrogen and oxygen atoms in total. The van der Waals surface area contributed by atoms with Gasteiger partial charge in [-0.25, -0.2) is 0 Å². The highest BCUT2D eigenvalue weighted by Crippen LogP contribution is 2.24. The minimum absolute atomic E-state index is 0.209. The van der Waals surface area contributed by atoms with Gasteiger partial charge in [0, 0.05) is 27.2 Å². The molecule has 2 rings (SSSR count). The summed E-state index contributed by atoms with van der Waals surface area (Å²) in [4.78, 5) is 13.1. The Morgan fingerprint density at radius 3 is 2.59 bits per heavy atom. The van der Waals surface area contributed by atoms with Crippen LogP contribution in [0.2, 0.25) is 5.02 Å². The average Bonchev–Trinajstić information content (AvgIpc) is 2.54. The summed E-state index contributed by atoms with van der Waals surface area (Å²) < 4.78 is 5.23. The van der Waals surface area contributed by atoms with E-state index in [1.807, 2.05) is 30.5 Å². The van der Waals surface area contributed by atoms with Crippen molar-refractivity contribution < 1.29 is 9.53 Å². The van der Waals surface area contributed by atoms with Crippen LogP contribution in [0.4, 0.5) is 5.69 Å². The second-order valence-corrected chi connectivity index (χ2v) is 5.75. The van der Waals surface area contributed by atoms with Crippen molar-refractivity contribution in [3.63, 3.8) is 0 Å². The summed E-state index contributed by atoms with van der Waals surface area (Å²) in [5, 5.41) is 3.40. The van der Waals surface area contributed by atoms with E-state index >= 15 is 0 Å². The van der Waals surface area contributed by atoms with Crippen molar-refractivity contribution in [2.24, 2.45) is 0 Å². The number of nitrogens with one attached hydrogen (secondary N) is 1. The van der Waals surface area contributed by atoms with Gasteiger partial charge in [0.2, 0.25) is 5.91 Å². The van der Waals surface area contributed by atoms with E-state index in [0.717, 1.165) is 16.1 Å². The minimum Gasteiger partial charge on any atom is -0.496 e. The number of methoxy groups -OCH3 is 1. The summed E-state index contributed by atoms with van der Waals surface area (Å²) >= 11 is 7.61. The van der Waals surface area contributed by atoms with Crippen LogP contribution in [0.15, 0.2) is 53.4 Å². The molecule has 0 radical (unpaired) electrons. The van der Waals surface area contributed by atoms with Crippen LogP contribution < -0.4 is 10.1 Å². The zero-order valence-electron chi connectivity index (χ0n) is 12.3. The van der Waals surface area contributed by atoms with Crippen molar-refractivity contribution in [1.29, 1.82) is 0 Å². The Morgan fingerprint density at radius 1 is 1.23 bits per heavy atom. The van der Waals surface area contributed by atoms with E-state index in [1.165, 1.54) is 6.08 Å². The molecule has 1 N–H and O–H groups in total. The average molecular weight is 334 g/mol. The van der Waals surface area contributed by atoms with Crippen molar-refractivity contribution >= 4 is 41.0 Å². The van der Waals surface area contributed by atoms with Gasteiger partial charge in [0.15, 0.2) is 0 Å². The van der Waals surface area contributed by atoms with Crippen molar-refractivity contribution in [3.05, 3.63) is 59.1 Å². The first kappa shape index (κ1) is 16.5. The second kappa shape index (κ2) is 7.92. The molecule has 0 unspecified atom stereocenters. The molecule has 0 fully saturated rings. The van der Waals surface area contributed by atoms with Crippen molar-refractivity contribution in [2.45, 2.75) is 4.90 Å². The maximum Gasteiger partial charge on any atom is 0.248 e. The molecule has 0 aliphatic carbocycles. The quantitative estimate of drug-likeness (QED) is 0.635. The summed E-state index contributed by atoms with van der Waals surface area (Å²) in [6.07, 6.45) is 5.14. The van der Waals surface area contributed by atoms with Crippen LogP contribution in [0.3, 0.4) is 0 Å². The molecule has 5 heteroatoms. The topological polar surface area (TPSA) is 38.3 Å². The molecular formula is C17H16ClNO2S. The Balaban J connectivity index is 2.06. The fourth-order valence-electron chi connectivity index (χ4n) is 1.86. The van der Waals surface area contributed by atoms with E-state index in [2.05, 4.69) is 5.32 Å². The third-order valence-corrected chi connectivity index (χ3v) is 3.94. The lowest BCUT2D eigenvalue weighted by atomic mass is 10.2. The predicted molar refractivity (Wildman–Crippen MR) is 93.9 cm³/mol. The molecule has 2 aromatic carbocycles. The highest BCUT2D eigenvalue weighted by Gasteiger charge is 2.02. The van der Waals surface area contributed by atoms with Crippen LogP contribution in [0.1, 0.15) is 5.56 Å². The number of hydrogen-bond acceptors (Lipinski definition) is 3. The van der Waals surface area contributed by atoms with Gasteiger partial charge in [0.1, 0.15) is 5.75 Å². The van der Waals surface area contributed by atoms with Gasteiger partial charge in [-0.05, 0) is 54.8 Å². The maximum absolute atomic E-state index is 11.9. The van der Waals surface area contributed by atoms with Gasteiger partial charge in [-0.2, -0.15) is 0 Å². The molecule has 0 spiro atoms. The van der Waals surface area contributed by atoms with Gasteiger partial charge in [-0.1, -0.05) is 11.6 Å². The number of carbonyl (C=O) groups is 1. The summed E-state index contributed by atoms with van der Waals surface area (Å²) in [7, 11) is 1.58. The Bertz CT molecular complexity index is 684. The number of benzene rings is 2. The van der Waals surface area contributed by atoms with E-state index in [1.54, 1.807) is 43.1 Å². The molecule has 0 heterocycles. The normalized spacial score (nSPS) is 10.7. The van der Waals surface area contributed by atoms with Crippen molar-refractivity contribution in [3.8, 4) is 5.75 Å². The van der Waals surface area contributed by atoms with E-state index in [9.17, 15) is 4.79 Å². The van der Waals surface area contributed by atoms with Crippen LogP contribution in [0, 0.1) is 0 Å². The first-order chi connectivity index (χ1) is 10.6. The molecule has 0 saturated carbocycles. The number of thioether (sulfide) groups is 1. The highest BCUT2D eigenvalue weighted by molar-refractivity contribution is 7.98. The van der Waals surface area contributed by atoms with Gasteiger partial charge in [-0.3, -0.25) is 4.79 Å². The molecule has 0 atom stereocenters. The van der Waals surface area contributed by atoms with Crippen molar-refractivity contribution in [2.75, 3.05) is 18.7 Å². The number of carbonyl (C=O) groups excluding carboxylic acids is 1. The fraction of sp³-hybridized carbons (Fsp3) is 0.118. The predicted octanol–water partition coefficient (Wildman–Crippen LogP) is 4.72. The lowest BCUT2D eigenvalue weighted by Crippen LogP contribution is -2.07. The maximum atomic E-state index is 11.9.